The van der Waals surface area contributed by atoms with Crippen molar-refractivity contribution in [3.63, 3.8) is 0 Å². The molecular weight excluding hydrogens is 304 g/mol. The average Bonchev–Trinajstić information content (AvgIpc) is 3.19. The average molecular weight is 326 g/mol. The topological polar surface area (TPSA) is 70.7 Å². The van der Waals surface area contributed by atoms with Crippen LogP contribution in [0.25, 0.3) is 5.69 Å². The summed E-state index contributed by atoms with van der Waals surface area (Å²) in [5, 5.41) is 12.7. The summed E-state index contributed by atoms with van der Waals surface area (Å²) in [5.74, 6) is 3.80. The maximum Gasteiger partial charge on any atom is 0.153 e. The van der Waals surface area contributed by atoms with Gasteiger partial charge < -0.3 is 9.30 Å². The molecule has 0 aliphatic heterocycles. The molecule has 0 unspecified atom stereocenters. The summed E-state index contributed by atoms with van der Waals surface area (Å²) in [7, 11) is 3.61. The molecule has 0 saturated heterocycles. The number of ether oxygens (including phenoxy) is 1. The molecule has 0 radical (unpaired) electrons. The van der Waals surface area contributed by atoms with Crippen molar-refractivity contribution in [3.8, 4) is 11.4 Å². The fourth-order valence-corrected chi connectivity index (χ4v) is 2.46. The summed E-state index contributed by atoms with van der Waals surface area (Å²) in [6.45, 7) is 4.19. The van der Waals surface area contributed by atoms with Gasteiger partial charge in [-0.15, -0.1) is 10.2 Å². The number of aryl methyl sites for hydroxylation is 3. The van der Waals surface area contributed by atoms with E-state index in [9.17, 15) is 0 Å². The number of rotatable bonds is 6. The predicted octanol–water partition coefficient (Wildman–Crippen LogP) is 2.31. The quantitative estimate of drug-likeness (QED) is 0.695. The largest absolute Gasteiger partial charge is 0.497 e. The smallest absolute Gasteiger partial charge is 0.153 e. The van der Waals surface area contributed by atoms with Crippen molar-refractivity contribution in [1.82, 2.24) is 29.5 Å². The van der Waals surface area contributed by atoms with Crippen molar-refractivity contribution in [2.45, 2.75) is 32.6 Å². The predicted molar refractivity (Wildman–Crippen MR) is 90.4 cm³/mol. The van der Waals surface area contributed by atoms with Crippen LogP contribution in [0, 0.1) is 0 Å². The second kappa shape index (κ2) is 6.82. The molecule has 0 amide bonds. The molecule has 0 bridgehead atoms. The van der Waals surface area contributed by atoms with Crippen LogP contribution in [0.5, 0.6) is 5.75 Å². The van der Waals surface area contributed by atoms with E-state index in [1.165, 1.54) is 0 Å². The number of methoxy groups -OCH3 is 1. The lowest BCUT2D eigenvalue weighted by molar-refractivity contribution is 0.414. The Labute approximate surface area is 141 Å². The maximum absolute atomic E-state index is 5.23. The Hall–Kier alpha value is -2.70. The van der Waals surface area contributed by atoms with Gasteiger partial charge in [0.25, 0.3) is 0 Å². The van der Waals surface area contributed by atoms with Crippen LogP contribution in [0.15, 0.2) is 30.6 Å². The standard InChI is InChI=1S/C17H22N6O/c1-12(2)17-19-15(9-10-16-20-18-11-22(16)3)23(21-17)13-5-7-14(24-4)8-6-13/h5-8,11-12H,9-10H2,1-4H3. The fraction of sp³-hybridized carbons (Fsp3) is 0.412. The van der Waals surface area contributed by atoms with Gasteiger partial charge in [-0.3, -0.25) is 0 Å². The second-order valence-corrected chi connectivity index (χ2v) is 6.01. The van der Waals surface area contributed by atoms with Gasteiger partial charge in [-0.25, -0.2) is 9.67 Å². The van der Waals surface area contributed by atoms with Crippen molar-refractivity contribution in [2.75, 3.05) is 7.11 Å². The molecule has 0 aliphatic rings. The molecule has 0 spiro atoms. The first-order chi connectivity index (χ1) is 11.6. The van der Waals surface area contributed by atoms with E-state index in [-0.39, 0.29) is 5.92 Å². The van der Waals surface area contributed by atoms with Gasteiger partial charge in [-0.2, -0.15) is 5.10 Å². The molecule has 3 rings (SSSR count). The highest BCUT2D eigenvalue weighted by Crippen LogP contribution is 2.19. The maximum atomic E-state index is 5.23. The highest BCUT2D eigenvalue weighted by molar-refractivity contribution is 5.37. The second-order valence-electron chi connectivity index (χ2n) is 6.01. The summed E-state index contributed by atoms with van der Waals surface area (Å²) < 4.78 is 9.06. The summed E-state index contributed by atoms with van der Waals surface area (Å²) in [6, 6.07) is 7.84. The molecule has 2 heterocycles. The lowest BCUT2D eigenvalue weighted by Gasteiger charge is -2.07. The normalized spacial score (nSPS) is 11.2. The molecule has 0 fully saturated rings. The van der Waals surface area contributed by atoms with Gasteiger partial charge in [0.15, 0.2) is 5.82 Å². The lowest BCUT2D eigenvalue weighted by atomic mass is 10.2. The Kier molecular flexibility index (Phi) is 4.59. The van der Waals surface area contributed by atoms with Crippen molar-refractivity contribution in [3.05, 3.63) is 48.1 Å². The molecule has 7 heteroatoms. The molecule has 24 heavy (non-hydrogen) atoms. The Morgan fingerprint density at radius 1 is 1.08 bits per heavy atom. The summed E-state index contributed by atoms with van der Waals surface area (Å²) in [5.41, 5.74) is 0.975. The first-order valence-corrected chi connectivity index (χ1v) is 8.01. The van der Waals surface area contributed by atoms with E-state index >= 15 is 0 Å². The van der Waals surface area contributed by atoms with E-state index in [2.05, 4.69) is 29.1 Å². The van der Waals surface area contributed by atoms with Gasteiger partial charge in [0.05, 0.1) is 12.8 Å². The van der Waals surface area contributed by atoms with Gasteiger partial charge in [0.1, 0.15) is 23.7 Å². The third-order valence-electron chi connectivity index (χ3n) is 3.90. The third-order valence-corrected chi connectivity index (χ3v) is 3.90. The van der Waals surface area contributed by atoms with E-state index in [0.717, 1.165) is 41.8 Å². The van der Waals surface area contributed by atoms with E-state index in [0.29, 0.717) is 0 Å². The van der Waals surface area contributed by atoms with Crippen molar-refractivity contribution < 1.29 is 4.74 Å². The molecule has 7 nitrogen and oxygen atoms in total. The van der Waals surface area contributed by atoms with Gasteiger partial charge in [-0.05, 0) is 24.3 Å². The van der Waals surface area contributed by atoms with Crippen LogP contribution < -0.4 is 4.74 Å². The van der Waals surface area contributed by atoms with Crippen molar-refractivity contribution in [1.29, 1.82) is 0 Å². The van der Waals surface area contributed by atoms with Crippen LogP contribution in [0.2, 0.25) is 0 Å². The van der Waals surface area contributed by atoms with E-state index in [1.54, 1.807) is 13.4 Å². The highest BCUT2D eigenvalue weighted by atomic mass is 16.5. The SMILES string of the molecule is COc1ccc(-n2nc(C(C)C)nc2CCc2nncn2C)cc1. The van der Waals surface area contributed by atoms with E-state index in [1.807, 2.05) is 40.6 Å². The van der Waals surface area contributed by atoms with Gasteiger partial charge in [0, 0.05) is 25.8 Å². The van der Waals surface area contributed by atoms with Gasteiger partial charge in [-0.1, -0.05) is 13.8 Å². The van der Waals surface area contributed by atoms with Crippen LogP contribution >= 0.6 is 0 Å². The lowest BCUT2D eigenvalue weighted by Crippen LogP contribution is -2.07. The van der Waals surface area contributed by atoms with Crippen LogP contribution in [0.1, 0.15) is 37.2 Å². The third kappa shape index (κ3) is 3.29. The van der Waals surface area contributed by atoms with E-state index < -0.39 is 0 Å². The molecule has 0 atom stereocenters. The number of nitrogens with zero attached hydrogens (tertiary/aromatic N) is 6. The Morgan fingerprint density at radius 3 is 2.38 bits per heavy atom. The number of aromatic nitrogens is 6. The van der Waals surface area contributed by atoms with Crippen molar-refractivity contribution >= 4 is 0 Å². The highest BCUT2D eigenvalue weighted by Gasteiger charge is 2.15. The zero-order chi connectivity index (χ0) is 17.1. The Balaban J connectivity index is 1.90. The zero-order valence-corrected chi connectivity index (χ0v) is 14.5. The zero-order valence-electron chi connectivity index (χ0n) is 14.5. The molecule has 2 aromatic heterocycles. The number of hydrogen-bond donors (Lipinski definition) is 0. The Bertz CT molecular complexity index is 803. The molecule has 0 aliphatic carbocycles. The first-order valence-electron chi connectivity index (χ1n) is 8.01. The minimum absolute atomic E-state index is 0.276. The molecule has 126 valence electrons. The first kappa shape index (κ1) is 16.2. The monoisotopic (exact) mass is 326 g/mol. The fourth-order valence-electron chi connectivity index (χ4n) is 2.46. The number of benzene rings is 1. The summed E-state index contributed by atoms with van der Waals surface area (Å²) in [4.78, 5) is 4.72. The van der Waals surface area contributed by atoms with Crippen LogP contribution in [0.3, 0.4) is 0 Å². The van der Waals surface area contributed by atoms with Crippen LogP contribution in [-0.4, -0.2) is 36.6 Å². The minimum atomic E-state index is 0.276. The molecular formula is C17H22N6O. The van der Waals surface area contributed by atoms with E-state index in [4.69, 9.17) is 9.72 Å². The van der Waals surface area contributed by atoms with Crippen LogP contribution in [-0.2, 0) is 19.9 Å². The Morgan fingerprint density at radius 2 is 1.79 bits per heavy atom. The minimum Gasteiger partial charge on any atom is -0.497 e. The molecule has 3 aromatic rings. The molecule has 0 N–H and O–H groups in total. The number of hydrogen-bond acceptors (Lipinski definition) is 5. The summed E-state index contributed by atoms with van der Waals surface area (Å²) in [6.07, 6.45) is 3.23. The summed E-state index contributed by atoms with van der Waals surface area (Å²) >= 11 is 0. The van der Waals surface area contributed by atoms with Crippen molar-refractivity contribution in [2.24, 2.45) is 7.05 Å². The van der Waals surface area contributed by atoms with Gasteiger partial charge >= 0.3 is 0 Å². The molecule has 1 aromatic carbocycles. The van der Waals surface area contributed by atoms with Gasteiger partial charge in [0.2, 0.25) is 0 Å². The van der Waals surface area contributed by atoms with Crippen LogP contribution in [0.4, 0.5) is 0 Å². The molecule has 0 saturated carbocycles.